The third-order valence-electron chi connectivity index (χ3n) is 4.87. The topological polar surface area (TPSA) is 68.3 Å². The average Bonchev–Trinajstić information content (AvgIpc) is 3.01. The van der Waals surface area contributed by atoms with Crippen molar-refractivity contribution in [3.63, 3.8) is 0 Å². The maximum atomic E-state index is 12.3. The number of aromatic nitrogens is 5. The van der Waals surface area contributed by atoms with Gasteiger partial charge in [0, 0.05) is 43.4 Å². The smallest absolute Gasteiger partial charge is 0.267 e. The van der Waals surface area contributed by atoms with Crippen molar-refractivity contribution in [1.29, 1.82) is 0 Å². The molecule has 2 aliphatic rings. The summed E-state index contributed by atoms with van der Waals surface area (Å²) in [4.78, 5) is 14.5. The van der Waals surface area contributed by atoms with E-state index in [0.717, 1.165) is 53.9 Å². The Morgan fingerprint density at radius 1 is 1.24 bits per heavy atom. The van der Waals surface area contributed by atoms with E-state index in [9.17, 15) is 4.79 Å². The summed E-state index contributed by atoms with van der Waals surface area (Å²) >= 11 is 1.87. The molecule has 3 aromatic rings. The number of anilines is 1. The molecular formula is C17H18N6OS. The Hall–Kier alpha value is -2.35. The lowest BCUT2D eigenvalue weighted by Crippen LogP contribution is -2.50. The standard InChI is InChI=1S/C17H18N6OS/c24-16-7-13-11-25-6-4-14(13)20-23(16)10-12-8-21(9-12)17-19-18-15-3-1-2-5-22(15)17/h1-3,5,7,12H,4,6,8-11H2. The Kier molecular flexibility index (Phi) is 3.51. The van der Waals surface area contributed by atoms with Gasteiger partial charge in [-0.2, -0.15) is 16.9 Å². The van der Waals surface area contributed by atoms with Crippen molar-refractivity contribution >= 4 is 23.4 Å². The van der Waals surface area contributed by atoms with Gasteiger partial charge in [-0.1, -0.05) is 6.07 Å². The molecule has 5 heterocycles. The predicted molar refractivity (Wildman–Crippen MR) is 97.1 cm³/mol. The molecule has 0 bridgehead atoms. The first-order valence-electron chi connectivity index (χ1n) is 8.50. The van der Waals surface area contributed by atoms with Crippen molar-refractivity contribution in [3.8, 4) is 0 Å². The predicted octanol–water partition coefficient (Wildman–Crippen LogP) is 1.21. The molecule has 0 spiro atoms. The second-order valence-electron chi connectivity index (χ2n) is 6.64. The number of pyridine rings is 1. The lowest BCUT2D eigenvalue weighted by molar-refractivity contribution is 0.328. The van der Waals surface area contributed by atoms with Gasteiger partial charge in [0.25, 0.3) is 5.56 Å². The van der Waals surface area contributed by atoms with Gasteiger partial charge in [0.05, 0.1) is 12.2 Å². The minimum Gasteiger partial charge on any atom is -0.340 e. The van der Waals surface area contributed by atoms with E-state index in [2.05, 4.69) is 20.2 Å². The second kappa shape index (κ2) is 5.87. The van der Waals surface area contributed by atoms with E-state index in [1.807, 2.05) is 40.6 Å². The van der Waals surface area contributed by atoms with E-state index in [-0.39, 0.29) is 5.56 Å². The summed E-state index contributed by atoms with van der Waals surface area (Å²) in [5.41, 5.74) is 3.08. The largest absolute Gasteiger partial charge is 0.340 e. The van der Waals surface area contributed by atoms with E-state index in [1.54, 1.807) is 10.7 Å². The fourth-order valence-electron chi connectivity index (χ4n) is 3.52. The van der Waals surface area contributed by atoms with E-state index in [4.69, 9.17) is 0 Å². The Morgan fingerprint density at radius 3 is 3.08 bits per heavy atom. The first-order chi connectivity index (χ1) is 12.3. The van der Waals surface area contributed by atoms with Crippen molar-refractivity contribution in [3.05, 3.63) is 52.1 Å². The van der Waals surface area contributed by atoms with Gasteiger partial charge < -0.3 is 4.90 Å². The lowest BCUT2D eigenvalue weighted by Gasteiger charge is -2.39. The van der Waals surface area contributed by atoms with E-state index >= 15 is 0 Å². The summed E-state index contributed by atoms with van der Waals surface area (Å²) in [7, 11) is 0. The fraction of sp³-hybridized carbons (Fsp3) is 0.412. The summed E-state index contributed by atoms with van der Waals surface area (Å²) in [5, 5.41) is 13.1. The molecule has 0 amide bonds. The van der Waals surface area contributed by atoms with Crippen LogP contribution < -0.4 is 10.5 Å². The SMILES string of the molecule is O=c1cc2c(nn1CC1CN(c3nnc4ccccn34)C1)CCSC2. The highest BCUT2D eigenvalue weighted by Crippen LogP contribution is 2.25. The van der Waals surface area contributed by atoms with Gasteiger partial charge in [0.2, 0.25) is 5.95 Å². The number of rotatable bonds is 3. The van der Waals surface area contributed by atoms with E-state index in [1.165, 1.54) is 0 Å². The van der Waals surface area contributed by atoms with Gasteiger partial charge in [0.1, 0.15) is 0 Å². The van der Waals surface area contributed by atoms with Crippen LogP contribution >= 0.6 is 11.8 Å². The molecule has 5 rings (SSSR count). The molecule has 0 aromatic carbocycles. The monoisotopic (exact) mass is 354 g/mol. The third kappa shape index (κ3) is 2.60. The number of fused-ring (bicyclic) bond motifs is 2. The summed E-state index contributed by atoms with van der Waals surface area (Å²) in [6, 6.07) is 7.66. The molecule has 1 saturated heterocycles. The van der Waals surface area contributed by atoms with Crippen LogP contribution in [-0.4, -0.2) is 43.2 Å². The molecule has 0 saturated carbocycles. The number of hydrogen-bond acceptors (Lipinski definition) is 6. The second-order valence-corrected chi connectivity index (χ2v) is 7.74. The van der Waals surface area contributed by atoms with Crippen LogP contribution in [0.3, 0.4) is 0 Å². The lowest BCUT2D eigenvalue weighted by atomic mass is 10.0. The van der Waals surface area contributed by atoms with Crippen LogP contribution in [0, 0.1) is 5.92 Å². The normalized spacial score (nSPS) is 17.5. The molecule has 3 aromatic heterocycles. The molecule has 8 heteroatoms. The fourth-order valence-corrected chi connectivity index (χ4v) is 4.47. The zero-order chi connectivity index (χ0) is 16.8. The molecule has 2 aliphatic heterocycles. The Bertz CT molecular complexity index is 990. The number of nitrogens with zero attached hydrogens (tertiary/aromatic N) is 6. The number of hydrogen-bond donors (Lipinski definition) is 0. The summed E-state index contributed by atoms with van der Waals surface area (Å²) in [6.07, 6.45) is 2.94. The highest BCUT2D eigenvalue weighted by molar-refractivity contribution is 7.98. The van der Waals surface area contributed by atoms with Crippen LogP contribution in [0.15, 0.2) is 35.3 Å². The van der Waals surface area contributed by atoms with Crippen LogP contribution in [-0.2, 0) is 18.7 Å². The van der Waals surface area contributed by atoms with Crippen molar-refractivity contribution in [2.24, 2.45) is 5.92 Å². The molecule has 0 aliphatic carbocycles. The molecule has 0 atom stereocenters. The summed E-state index contributed by atoms with van der Waals surface area (Å²) < 4.78 is 3.65. The maximum Gasteiger partial charge on any atom is 0.267 e. The van der Waals surface area contributed by atoms with Crippen molar-refractivity contribution in [1.82, 2.24) is 24.4 Å². The zero-order valence-corrected chi connectivity index (χ0v) is 14.5. The summed E-state index contributed by atoms with van der Waals surface area (Å²) in [5.74, 6) is 3.29. The van der Waals surface area contributed by atoms with Gasteiger partial charge in [-0.15, -0.1) is 10.2 Å². The van der Waals surface area contributed by atoms with Crippen LogP contribution in [0.4, 0.5) is 5.95 Å². The minimum atomic E-state index is 0.0210. The molecule has 1 fully saturated rings. The van der Waals surface area contributed by atoms with E-state index in [0.29, 0.717) is 12.5 Å². The first kappa shape index (κ1) is 14.9. The van der Waals surface area contributed by atoms with E-state index < -0.39 is 0 Å². The Balaban J connectivity index is 1.31. The Morgan fingerprint density at radius 2 is 2.16 bits per heavy atom. The maximum absolute atomic E-state index is 12.3. The van der Waals surface area contributed by atoms with Gasteiger partial charge >= 0.3 is 0 Å². The summed E-state index contributed by atoms with van der Waals surface area (Å²) in [6.45, 7) is 2.42. The van der Waals surface area contributed by atoms with Crippen molar-refractivity contribution in [2.75, 3.05) is 23.7 Å². The molecule has 0 N–H and O–H groups in total. The molecular weight excluding hydrogens is 336 g/mol. The zero-order valence-electron chi connectivity index (χ0n) is 13.7. The molecule has 128 valence electrons. The van der Waals surface area contributed by atoms with Crippen LogP contribution in [0.25, 0.3) is 5.65 Å². The van der Waals surface area contributed by atoms with Crippen LogP contribution in [0.5, 0.6) is 0 Å². The van der Waals surface area contributed by atoms with Gasteiger partial charge in [-0.25, -0.2) is 4.68 Å². The van der Waals surface area contributed by atoms with Crippen LogP contribution in [0.1, 0.15) is 11.3 Å². The molecule has 0 unspecified atom stereocenters. The molecule has 25 heavy (non-hydrogen) atoms. The highest BCUT2D eigenvalue weighted by atomic mass is 32.2. The number of thioether (sulfide) groups is 1. The molecule has 7 nitrogen and oxygen atoms in total. The van der Waals surface area contributed by atoms with Gasteiger partial charge in [0.15, 0.2) is 5.65 Å². The quantitative estimate of drug-likeness (QED) is 0.704. The van der Waals surface area contributed by atoms with Crippen molar-refractivity contribution in [2.45, 2.75) is 18.7 Å². The van der Waals surface area contributed by atoms with Crippen LogP contribution in [0.2, 0.25) is 0 Å². The minimum absolute atomic E-state index is 0.0210. The van der Waals surface area contributed by atoms with Gasteiger partial charge in [-0.3, -0.25) is 9.20 Å². The third-order valence-corrected chi connectivity index (χ3v) is 5.88. The Labute approximate surface area is 148 Å². The number of aryl methyl sites for hydroxylation is 1. The average molecular weight is 354 g/mol. The first-order valence-corrected chi connectivity index (χ1v) is 9.66. The van der Waals surface area contributed by atoms with Gasteiger partial charge in [-0.05, 0) is 23.4 Å². The molecule has 0 radical (unpaired) electrons. The highest BCUT2D eigenvalue weighted by Gasteiger charge is 2.31. The van der Waals surface area contributed by atoms with Crippen molar-refractivity contribution < 1.29 is 0 Å².